The van der Waals surface area contributed by atoms with E-state index in [0.29, 0.717) is 17.5 Å². The molecule has 2 heterocycles. The molecule has 1 saturated heterocycles. The van der Waals surface area contributed by atoms with E-state index in [2.05, 4.69) is 4.98 Å². The molecule has 0 spiro atoms. The van der Waals surface area contributed by atoms with Crippen LogP contribution in [0.4, 0.5) is 0 Å². The third-order valence-electron chi connectivity index (χ3n) is 2.40. The Labute approximate surface area is 82.3 Å². The third kappa shape index (κ3) is 2.01. The van der Waals surface area contributed by atoms with E-state index < -0.39 is 0 Å². The molecule has 1 aromatic heterocycles. The number of hydrogen-bond acceptors (Lipinski definition) is 4. The second-order valence-electron chi connectivity index (χ2n) is 3.62. The van der Waals surface area contributed by atoms with Gasteiger partial charge in [-0.15, -0.1) is 0 Å². The minimum Gasteiger partial charge on any atom is -0.448 e. The number of hydrogen-bond donors (Lipinski definition) is 0. The lowest BCUT2D eigenvalue weighted by atomic mass is 10.1. The molecule has 0 aliphatic carbocycles. The van der Waals surface area contributed by atoms with Crippen LogP contribution in [0.2, 0.25) is 0 Å². The molecule has 0 N–H and O–H groups in total. The molecule has 4 heteroatoms. The standard InChI is InChI=1S/C10H13NO3/c1-7(12)9-6-14-10(11-9)4-8-2-3-13-5-8/h6,8H,2-5H2,1H3. The maximum Gasteiger partial charge on any atom is 0.195 e. The van der Waals surface area contributed by atoms with Crippen LogP contribution in [-0.4, -0.2) is 24.0 Å². The average Bonchev–Trinajstić information content (AvgIpc) is 2.75. The summed E-state index contributed by atoms with van der Waals surface area (Å²) in [6, 6.07) is 0. The third-order valence-corrected chi connectivity index (χ3v) is 2.40. The predicted octanol–water partition coefficient (Wildman–Crippen LogP) is 1.46. The molecule has 4 nitrogen and oxygen atoms in total. The molecule has 1 aliphatic rings. The smallest absolute Gasteiger partial charge is 0.195 e. The number of oxazole rings is 1. The molecule has 0 saturated carbocycles. The minimum absolute atomic E-state index is 0.0531. The fraction of sp³-hybridized carbons (Fsp3) is 0.600. The quantitative estimate of drug-likeness (QED) is 0.685. The zero-order chi connectivity index (χ0) is 9.97. The fourth-order valence-electron chi connectivity index (χ4n) is 1.56. The van der Waals surface area contributed by atoms with Crippen LogP contribution >= 0.6 is 0 Å². The second kappa shape index (κ2) is 3.92. The van der Waals surface area contributed by atoms with Gasteiger partial charge in [-0.2, -0.15) is 0 Å². The van der Waals surface area contributed by atoms with Crippen LogP contribution in [0.15, 0.2) is 10.7 Å². The van der Waals surface area contributed by atoms with E-state index in [4.69, 9.17) is 9.15 Å². The summed E-state index contributed by atoms with van der Waals surface area (Å²) in [5.74, 6) is 1.09. The molecule has 2 rings (SSSR count). The van der Waals surface area contributed by atoms with E-state index in [-0.39, 0.29) is 5.78 Å². The molecule has 14 heavy (non-hydrogen) atoms. The molecule has 1 unspecified atom stereocenters. The van der Waals surface area contributed by atoms with E-state index in [1.54, 1.807) is 0 Å². The van der Waals surface area contributed by atoms with Crippen molar-refractivity contribution < 1.29 is 13.9 Å². The number of nitrogens with zero attached hydrogens (tertiary/aromatic N) is 1. The van der Waals surface area contributed by atoms with Crippen molar-refractivity contribution in [3.63, 3.8) is 0 Å². The Morgan fingerprint density at radius 3 is 3.14 bits per heavy atom. The molecule has 1 fully saturated rings. The van der Waals surface area contributed by atoms with Gasteiger partial charge in [0, 0.05) is 26.6 Å². The van der Waals surface area contributed by atoms with Crippen molar-refractivity contribution in [2.75, 3.05) is 13.2 Å². The number of ketones is 1. The highest BCUT2D eigenvalue weighted by Gasteiger charge is 2.19. The van der Waals surface area contributed by atoms with Gasteiger partial charge in [-0.25, -0.2) is 4.98 Å². The number of carbonyl (C=O) groups excluding carboxylic acids is 1. The normalized spacial score (nSPS) is 21.4. The van der Waals surface area contributed by atoms with Gasteiger partial charge in [0.2, 0.25) is 0 Å². The van der Waals surface area contributed by atoms with E-state index in [0.717, 1.165) is 26.1 Å². The lowest BCUT2D eigenvalue weighted by molar-refractivity contribution is 0.101. The van der Waals surface area contributed by atoms with E-state index >= 15 is 0 Å². The fourth-order valence-corrected chi connectivity index (χ4v) is 1.56. The van der Waals surface area contributed by atoms with Crippen molar-refractivity contribution in [3.8, 4) is 0 Å². The Morgan fingerprint density at radius 2 is 2.57 bits per heavy atom. The van der Waals surface area contributed by atoms with Gasteiger partial charge in [0.15, 0.2) is 11.7 Å². The first-order chi connectivity index (χ1) is 6.75. The summed E-state index contributed by atoms with van der Waals surface area (Å²) in [4.78, 5) is 15.1. The van der Waals surface area contributed by atoms with Crippen LogP contribution < -0.4 is 0 Å². The van der Waals surface area contributed by atoms with Crippen molar-refractivity contribution in [3.05, 3.63) is 17.8 Å². The van der Waals surface area contributed by atoms with Crippen LogP contribution in [0.25, 0.3) is 0 Å². The summed E-state index contributed by atoms with van der Waals surface area (Å²) in [5, 5.41) is 0. The Bertz CT molecular complexity index is 326. The van der Waals surface area contributed by atoms with Crippen molar-refractivity contribution in [2.45, 2.75) is 19.8 Å². The molecule has 1 atom stereocenters. The van der Waals surface area contributed by atoms with E-state index in [9.17, 15) is 4.79 Å². The predicted molar refractivity (Wildman–Crippen MR) is 49.1 cm³/mol. The second-order valence-corrected chi connectivity index (χ2v) is 3.62. The molecule has 0 amide bonds. The first-order valence-electron chi connectivity index (χ1n) is 4.79. The van der Waals surface area contributed by atoms with Crippen LogP contribution in [0, 0.1) is 5.92 Å². The average molecular weight is 195 g/mol. The summed E-state index contributed by atoms with van der Waals surface area (Å²) in [6.07, 6.45) is 3.25. The van der Waals surface area contributed by atoms with Crippen LogP contribution in [0.1, 0.15) is 29.7 Å². The number of ether oxygens (including phenoxy) is 1. The van der Waals surface area contributed by atoms with Crippen LogP contribution in [0.3, 0.4) is 0 Å². The topological polar surface area (TPSA) is 52.3 Å². The maximum absolute atomic E-state index is 10.9. The molecule has 76 valence electrons. The number of rotatable bonds is 3. The lowest BCUT2D eigenvalue weighted by Gasteiger charge is -2.01. The van der Waals surface area contributed by atoms with Gasteiger partial charge in [-0.3, -0.25) is 4.79 Å². The summed E-state index contributed by atoms with van der Waals surface area (Å²) < 4.78 is 10.4. The highest BCUT2D eigenvalue weighted by atomic mass is 16.5. The van der Waals surface area contributed by atoms with Crippen molar-refractivity contribution in [1.82, 2.24) is 4.98 Å². The van der Waals surface area contributed by atoms with Gasteiger partial charge in [0.25, 0.3) is 0 Å². The largest absolute Gasteiger partial charge is 0.448 e. The summed E-state index contributed by atoms with van der Waals surface area (Å²) in [6.45, 7) is 3.09. The SMILES string of the molecule is CC(=O)c1coc(CC2CCOC2)n1. The van der Waals surface area contributed by atoms with Gasteiger partial charge < -0.3 is 9.15 Å². The molecule has 1 aromatic rings. The minimum atomic E-state index is -0.0531. The molecule has 0 radical (unpaired) electrons. The van der Waals surface area contributed by atoms with E-state index in [1.807, 2.05) is 0 Å². The number of carbonyl (C=O) groups is 1. The first kappa shape index (κ1) is 9.40. The van der Waals surface area contributed by atoms with Crippen molar-refractivity contribution >= 4 is 5.78 Å². The zero-order valence-corrected chi connectivity index (χ0v) is 8.16. The van der Waals surface area contributed by atoms with Crippen LogP contribution in [-0.2, 0) is 11.2 Å². The molecule has 1 aliphatic heterocycles. The van der Waals surface area contributed by atoms with Crippen molar-refractivity contribution in [1.29, 1.82) is 0 Å². The van der Waals surface area contributed by atoms with E-state index in [1.165, 1.54) is 13.2 Å². The Morgan fingerprint density at radius 1 is 1.71 bits per heavy atom. The summed E-state index contributed by atoms with van der Waals surface area (Å²) in [7, 11) is 0. The Hall–Kier alpha value is -1.16. The zero-order valence-electron chi connectivity index (χ0n) is 8.16. The van der Waals surface area contributed by atoms with Crippen molar-refractivity contribution in [2.24, 2.45) is 5.92 Å². The van der Waals surface area contributed by atoms with Gasteiger partial charge >= 0.3 is 0 Å². The summed E-state index contributed by atoms with van der Waals surface area (Å²) in [5.41, 5.74) is 0.416. The lowest BCUT2D eigenvalue weighted by Crippen LogP contribution is -2.04. The molecule has 0 bridgehead atoms. The van der Waals surface area contributed by atoms with Gasteiger partial charge in [-0.05, 0) is 12.3 Å². The van der Waals surface area contributed by atoms with Gasteiger partial charge in [0.05, 0.1) is 0 Å². The van der Waals surface area contributed by atoms with Crippen LogP contribution in [0.5, 0.6) is 0 Å². The monoisotopic (exact) mass is 195 g/mol. The van der Waals surface area contributed by atoms with Gasteiger partial charge in [-0.1, -0.05) is 0 Å². The number of Topliss-reactive ketones (excluding diaryl/α,β-unsaturated/α-hetero) is 1. The molecular formula is C10H13NO3. The molecule has 0 aromatic carbocycles. The summed E-state index contributed by atoms with van der Waals surface area (Å²) >= 11 is 0. The highest BCUT2D eigenvalue weighted by molar-refractivity contribution is 5.91. The highest BCUT2D eigenvalue weighted by Crippen LogP contribution is 2.17. The van der Waals surface area contributed by atoms with Gasteiger partial charge in [0.1, 0.15) is 12.0 Å². The Balaban J connectivity index is 1.98. The molecular weight excluding hydrogens is 182 g/mol. The Kier molecular flexibility index (Phi) is 2.63. The maximum atomic E-state index is 10.9. The first-order valence-corrected chi connectivity index (χ1v) is 4.79. The number of aromatic nitrogens is 1.